The number of carbonyl (C=O) groups excluding carboxylic acids is 4. The maximum atomic E-state index is 14.6. The fourth-order valence-electron chi connectivity index (χ4n) is 7.84. The van der Waals surface area contributed by atoms with Gasteiger partial charge in [-0.15, -0.1) is 0 Å². The fourth-order valence-corrected chi connectivity index (χ4v) is 8.36. The Kier molecular flexibility index (Phi) is 14.6. The van der Waals surface area contributed by atoms with Gasteiger partial charge in [-0.1, -0.05) is 66.4 Å². The first-order valence-electron chi connectivity index (χ1n) is 20.6. The number of amides is 4. The molecule has 3 aliphatic heterocycles. The van der Waals surface area contributed by atoms with Crippen LogP contribution < -0.4 is 20.5 Å². The number of rotatable bonds is 8. The van der Waals surface area contributed by atoms with Gasteiger partial charge in [0.05, 0.1) is 24.9 Å². The van der Waals surface area contributed by atoms with E-state index in [9.17, 15) is 27.9 Å². The molecule has 2 saturated heterocycles. The molecule has 312 valence electrons. The first-order chi connectivity index (χ1) is 28.0. The van der Waals surface area contributed by atoms with Crippen LogP contribution in [0.3, 0.4) is 0 Å². The third-order valence-corrected chi connectivity index (χ3v) is 12.5. The molecule has 4 amide bonds. The average molecular weight is 815 g/mol. The van der Waals surface area contributed by atoms with Crippen LogP contribution in [-0.4, -0.2) is 96.9 Å². The van der Waals surface area contributed by atoms with Crippen molar-refractivity contribution in [1.29, 1.82) is 0 Å². The van der Waals surface area contributed by atoms with Crippen LogP contribution in [0, 0.1) is 5.92 Å². The molecular weight excluding hydrogens is 759 g/mol. The Balaban J connectivity index is 0.000000865. The number of methoxy groups -OCH3 is 1. The summed E-state index contributed by atoms with van der Waals surface area (Å²) in [5, 5.41) is 3.69. The van der Waals surface area contributed by atoms with Gasteiger partial charge in [0.2, 0.25) is 23.6 Å². The molecule has 0 bridgehead atoms. The number of nitrogens with two attached hydrogens (primary N) is 1. The Morgan fingerprint density at radius 3 is 2.40 bits per heavy atom. The van der Waals surface area contributed by atoms with Crippen LogP contribution in [0.4, 0.5) is 0 Å². The SMILES string of the molecule is COc1ccc2c(O[C@@H]3C[C@H]4C(=O)N[C@@](C)(C(N)=O)C/C=C\CCCCC[C@H](CC(=O)N5CCCCC5)C(=O)N4C3)cc(-c3ccccc3)nc2c1.O=S([O-])C1CC1. The van der Waals surface area contributed by atoms with Crippen molar-refractivity contribution in [2.45, 2.75) is 113 Å². The van der Waals surface area contributed by atoms with E-state index in [1.807, 2.05) is 71.6 Å². The van der Waals surface area contributed by atoms with E-state index in [1.54, 1.807) is 18.9 Å². The maximum absolute atomic E-state index is 14.6. The zero-order chi connectivity index (χ0) is 41.2. The average Bonchev–Trinajstić information content (AvgIpc) is 4.01. The van der Waals surface area contributed by atoms with Gasteiger partial charge in [-0.05, 0) is 76.8 Å². The first-order valence-corrected chi connectivity index (χ1v) is 21.7. The molecule has 3 fully saturated rings. The number of allylic oxidation sites excluding steroid dienone is 1. The number of hydrogen-bond acceptors (Lipinski definition) is 9. The number of carbonyl (C=O) groups is 4. The van der Waals surface area contributed by atoms with Crippen LogP contribution in [0.1, 0.15) is 90.4 Å². The van der Waals surface area contributed by atoms with Gasteiger partial charge in [0.25, 0.3) is 0 Å². The van der Waals surface area contributed by atoms with E-state index in [0.717, 1.165) is 68.7 Å². The Hall–Kier alpha value is -4.82. The van der Waals surface area contributed by atoms with E-state index >= 15 is 0 Å². The molecule has 1 saturated carbocycles. The van der Waals surface area contributed by atoms with Crippen LogP contribution in [0.25, 0.3) is 22.2 Å². The normalized spacial score (nSPS) is 25.5. The maximum Gasteiger partial charge on any atom is 0.243 e. The minimum Gasteiger partial charge on any atom is -0.772 e. The molecule has 1 aliphatic carbocycles. The van der Waals surface area contributed by atoms with Crippen LogP contribution in [-0.2, 0) is 30.3 Å². The summed E-state index contributed by atoms with van der Waals surface area (Å²) in [6.07, 6.45) is 12.6. The van der Waals surface area contributed by atoms with Gasteiger partial charge in [0, 0.05) is 60.2 Å². The minimum atomic E-state index is -1.76. The molecule has 4 aliphatic rings. The van der Waals surface area contributed by atoms with Crippen molar-refractivity contribution in [2.24, 2.45) is 11.7 Å². The van der Waals surface area contributed by atoms with Crippen LogP contribution in [0.2, 0.25) is 0 Å². The second kappa shape index (κ2) is 19.8. The second-order valence-electron chi connectivity index (χ2n) is 16.0. The van der Waals surface area contributed by atoms with Gasteiger partial charge in [0.1, 0.15) is 29.2 Å². The molecule has 7 rings (SSSR count). The summed E-state index contributed by atoms with van der Waals surface area (Å²) in [7, 11) is 1.61. The van der Waals surface area contributed by atoms with E-state index in [2.05, 4.69) is 5.32 Å². The summed E-state index contributed by atoms with van der Waals surface area (Å²) in [5.74, 6) is -0.737. The summed E-state index contributed by atoms with van der Waals surface area (Å²) < 4.78 is 31.8. The third kappa shape index (κ3) is 11.0. The van der Waals surface area contributed by atoms with Gasteiger partial charge < -0.3 is 34.9 Å². The fraction of sp³-hybridized carbons (Fsp3) is 0.523. The van der Waals surface area contributed by atoms with Crippen molar-refractivity contribution in [1.82, 2.24) is 20.1 Å². The smallest absolute Gasteiger partial charge is 0.243 e. The number of aromatic nitrogens is 1. The Labute approximate surface area is 343 Å². The first kappa shape index (κ1) is 42.8. The second-order valence-corrected chi connectivity index (χ2v) is 17.2. The Morgan fingerprint density at radius 2 is 1.72 bits per heavy atom. The predicted octanol–water partition coefficient (Wildman–Crippen LogP) is 5.58. The van der Waals surface area contributed by atoms with Crippen molar-refractivity contribution in [2.75, 3.05) is 26.7 Å². The quantitative estimate of drug-likeness (QED) is 0.217. The third-order valence-electron chi connectivity index (χ3n) is 11.5. The highest BCUT2D eigenvalue weighted by Gasteiger charge is 2.45. The minimum absolute atomic E-state index is 0.0136. The lowest BCUT2D eigenvalue weighted by Crippen LogP contribution is -2.59. The van der Waals surface area contributed by atoms with Crippen LogP contribution >= 0.6 is 0 Å². The zero-order valence-corrected chi connectivity index (χ0v) is 34.4. The zero-order valence-electron chi connectivity index (χ0n) is 33.6. The van der Waals surface area contributed by atoms with Gasteiger partial charge >= 0.3 is 0 Å². The topological polar surface area (TPSA) is 184 Å². The number of hydrogen-bond donors (Lipinski definition) is 2. The van der Waals surface area contributed by atoms with E-state index in [4.69, 9.17) is 20.2 Å². The highest BCUT2D eigenvalue weighted by molar-refractivity contribution is 7.80. The molecule has 3 aromatic rings. The van der Waals surface area contributed by atoms with Gasteiger partial charge in [-0.3, -0.25) is 23.4 Å². The van der Waals surface area contributed by atoms with Gasteiger partial charge in [0.15, 0.2) is 0 Å². The molecule has 5 atom stereocenters. The number of pyridine rings is 1. The number of ether oxygens (including phenoxy) is 2. The number of likely N-dealkylation sites (tertiary alicyclic amines) is 1. The van der Waals surface area contributed by atoms with Crippen molar-refractivity contribution < 1.29 is 37.4 Å². The summed E-state index contributed by atoms with van der Waals surface area (Å²) in [4.78, 5) is 63.5. The van der Waals surface area contributed by atoms with Gasteiger partial charge in [-0.25, -0.2) is 4.98 Å². The number of nitrogens with one attached hydrogen (secondary N) is 1. The molecule has 13 nitrogen and oxygen atoms in total. The summed E-state index contributed by atoms with van der Waals surface area (Å²) >= 11 is -1.76. The molecular formula is C44H56N5O8S-. The highest BCUT2D eigenvalue weighted by atomic mass is 32.2. The standard InChI is InChI=1S/C41H51N5O6.C3H6O2S/c1-41(40(42)50)20-12-6-4-3-5-9-17-29(23-37(47)45-21-13-8-14-22-45)39(49)46-27-31(25-35(46)38(48)44-41)52-36-26-33(28-15-10-7-11-16-28)43-34-24-30(51-2)18-19-32(34)36;4-6(5)3-1-2-3/h6-7,10-12,15-16,18-19,24,26,29,31,35H,3-5,8-9,13-14,17,20-23,25,27H2,1-2H3,(H2,42,50)(H,44,48);3H,1-2H2,(H,4,5)/p-1/b12-6-;/t29-,31-,35+,41-;/m1./s1. The molecule has 2 aromatic carbocycles. The molecule has 0 radical (unpaired) electrons. The molecule has 3 N–H and O–H groups in total. The van der Waals surface area contributed by atoms with Crippen LogP contribution in [0.15, 0.2) is 66.7 Å². The molecule has 0 spiro atoms. The van der Waals surface area contributed by atoms with Crippen LogP contribution in [0.5, 0.6) is 11.5 Å². The largest absolute Gasteiger partial charge is 0.772 e. The van der Waals surface area contributed by atoms with Crippen molar-refractivity contribution in [3.63, 3.8) is 0 Å². The summed E-state index contributed by atoms with van der Waals surface area (Å²) in [5.41, 5.74) is 6.80. The summed E-state index contributed by atoms with van der Waals surface area (Å²) in [6.45, 7) is 3.17. The van der Waals surface area contributed by atoms with E-state index in [-0.39, 0.29) is 42.9 Å². The van der Waals surface area contributed by atoms with E-state index in [0.29, 0.717) is 42.2 Å². The summed E-state index contributed by atoms with van der Waals surface area (Å²) in [6, 6.07) is 16.3. The van der Waals surface area contributed by atoms with Crippen molar-refractivity contribution in [3.8, 4) is 22.8 Å². The van der Waals surface area contributed by atoms with Gasteiger partial charge in [-0.2, -0.15) is 0 Å². The number of primary amides is 1. The van der Waals surface area contributed by atoms with Crippen molar-refractivity contribution >= 4 is 45.6 Å². The Bertz CT molecular complexity index is 1980. The van der Waals surface area contributed by atoms with E-state index < -0.39 is 46.5 Å². The molecule has 1 aromatic heterocycles. The lowest BCUT2D eigenvalue weighted by atomic mass is 9.94. The molecule has 58 heavy (non-hydrogen) atoms. The number of nitrogens with zero attached hydrogens (tertiary/aromatic N) is 3. The van der Waals surface area contributed by atoms with Crippen molar-refractivity contribution in [3.05, 3.63) is 66.7 Å². The molecule has 4 heterocycles. The molecule has 14 heteroatoms. The predicted molar refractivity (Wildman–Crippen MR) is 221 cm³/mol. The molecule has 1 unspecified atom stereocenters. The Morgan fingerprint density at radius 1 is 0.983 bits per heavy atom. The monoisotopic (exact) mass is 814 g/mol. The highest BCUT2D eigenvalue weighted by Crippen LogP contribution is 2.35. The number of fused-ring (bicyclic) bond motifs is 2. The van der Waals surface area contributed by atoms with E-state index in [1.165, 1.54) is 0 Å². The lowest BCUT2D eigenvalue weighted by molar-refractivity contribution is -0.146. The number of piperidine rings is 1. The lowest BCUT2D eigenvalue weighted by Gasteiger charge is -2.33. The number of benzene rings is 2.